The van der Waals surface area contributed by atoms with E-state index in [1.165, 1.54) is 29.0 Å². The quantitative estimate of drug-likeness (QED) is 0.442. The Morgan fingerprint density at radius 1 is 0.973 bits per heavy atom. The van der Waals surface area contributed by atoms with Gasteiger partial charge in [-0.2, -0.15) is 13.2 Å². The number of alkyl halides is 3. The van der Waals surface area contributed by atoms with Gasteiger partial charge in [0.2, 0.25) is 5.91 Å². The maximum atomic E-state index is 13.0. The molecule has 0 atom stereocenters. The lowest BCUT2D eigenvalue weighted by molar-refractivity contribution is -0.192. The summed E-state index contributed by atoms with van der Waals surface area (Å²) in [6, 6.07) is 10.5. The van der Waals surface area contributed by atoms with Crippen LogP contribution in [0.1, 0.15) is 16.0 Å². The summed E-state index contributed by atoms with van der Waals surface area (Å²) < 4.78 is 44.8. The van der Waals surface area contributed by atoms with Gasteiger partial charge >= 0.3 is 12.1 Å². The third kappa shape index (κ3) is 9.86. The molecular formula is C24H25F4N5O3S. The van der Waals surface area contributed by atoms with Gasteiger partial charge in [0.25, 0.3) is 0 Å². The number of aliphatic carboxylic acids is 1. The first-order valence-corrected chi connectivity index (χ1v) is 12.0. The molecule has 1 aliphatic heterocycles. The normalized spacial score (nSPS) is 14.5. The number of anilines is 1. The Morgan fingerprint density at radius 2 is 1.57 bits per heavy atom. The summed E-state index contributed by atoms with van der Waals surface area (Å²) in [5.74, 6) is -3.04. The summed E-state index contributed by atoms with van der Waals surface area (Å²) in [6.45, 7) is 4.90. The van der Waals surface area contributed by atoms with E-state index in [-0.39, 0.29) is 11.7 Å². The van der Waals surface area contributed by atoms with Crippen LogP contribution in [0.15, 0.2) is 55.0 Å². The van der Waals surface area contributed by atoms with Crippen molar-refractivity contribution in [2.75, 3.05) is 38.0 Å². The summed E-state index contributed by atoms with van der Waals surface area (Å²) in [5, 5.41) is 10.6. The molecule has 2 aromatic heterocycles. The van der Waals surface area contributed by atoms with Gasteiger partial charge in [-0.1, -0.05) is 12.1 Å². The van der Waals surface area contributed by atoms with Gasteiger partial charge in [-0.3, -0.25) is 19.6 Å². The fourth-order valence-corrected chi connectivity index (χ4v) is 4.33. The predicted octanol–water partition coefficient (Wildman–Crippen LogP) is 3.66. The summed E-state index contributed by atoms with van der Waals surface area (Å²) in [7, 11) is 0. The molecule has 1 aliphatic rings. The Balaban J connectivity index is 0.000000479. The van der Waals surface area contributed by atoms with Gasteiger partial charge in [0, 0.05) is 62.6 Å². The van der Waals surface area contributed by atoms with Crippen LogP contribution in [0.2, 0.25) is 0 Å². The first kappa shape index (κ1) is 28.2. The third-order valence-electron chi connectivity index (χ3n) is 5.32. The van der Waals surface area contributed by atoms with Gasteiger partial charge in [-0.05, 0) is 35.4 Å². The lowest BCUT2D eigenvalue weighted by atomic mass is 10.1. The number of hydrogen-bond donors (Lipinski definition) is 2. The smallest absolute Gasteiger partial charge is 0.475 e. The SMILES string of the molecule is O=C(CN1CCN(Cc2ccncc2)CC1)Nc1ncc(Cc2ccc(F)cc2)s1.O=C(O)C(F)(F)F. The number of nitrogens with one attached hydrogen (secondary N) is 1. The van der Waals surface area contributed by atoms with E-state index in [0.29, 0.717) is 18.1 Å². The van der Waals surface area contributed by atoms with E-state index < -0.39 is 12.1 Å². The lowest BCUT2D eigenvalue weighted by Crippen LogP contribution is -2.48. The number of thiazole rings is 1. The molecule has 1 amide bonds. The van der Waals surface area contributed by atoms with Crippen LogP contribution in [-0.2, 0) is 22.6 Å². The van der Waals surface area contributed by atoms with Crippen molar-refractivity contribution in [3.8, 4) is 0 Å². The standard InChI is InChI=1S/C22H24FN5OS.C2HF3O2/c23-19-3-1-17(2-4-19)13-20-14-25-22(30-20)26-21(29)16-28-11-9-27(10-12-28)15-18-5-7-24-8-6-18;3-2(4,5)1(6)7/h1-8,14H,9-13,15-16H2,(H,25,26,29);(H,6,7). The van der Waals surface area contributed by atoms with Crippen molar-refractivity contribution in [1.29, 1.82) is 0 Å². The molecule has 1 saturated heterocycles. The van der Waals surface area contributed by atoms with Crippen LogP contribution in [0, 0.1) is 5.82 Å². The number of carboxylic acid groups (broad SMARTS) is 1. The number of hydrogen-bond acceptors (Lipinski definition) is 7. The highest BCUT2D eigenvalue weighted by molar-refractivity contribution is 7.15. The molecule has 198 valence electrons. The number of halogens is 4. The zero-order valence-electron chi connectivity index (χ0n) is 19.6. The summed E-state index contributed by atoms with van der Waals surface area (Å²) in [6.07, 6.45) is 0.994. The molecule has 0 radical (unpaired) electrons. The molecule has 1 fully saturated rings. The highest BCUT2D eigenvalue weighted by Crippen LogP contribution is 2.21. The van der Waals surface area contributed by atoms with E-state index in [1.54, 1.807) is 18.3 Å². The Kier molecular flexibility index (Phi) is 10.1. The van der Waals surface area contributed by atoms with E-state index in [2.05, 4.69) is 25.1 Å². The maximum Gasteiger partial charge on any atom is 0.490 e. The van der Waals surface area contributed by atoms with Crippen LogP contribution < -0.4 is 5.32 Å². The van der Waals surface area contributed by atoms with Gasteiger partial charge < -0.3 is 10.4 Å². The zero-order valence-corrected chi connectivity index (χ0v) is 20.4. The minimum absolute atomic E-state index is 0.0414. The minimum Gasteiger partial charge on any atom is -0.475 e. The fourth-order valence-electron chi connectivity index (χ4n) is 3.46. The molecular weight excluding hydrogens is 514 g/mol. The molecule has 8 nitrogen and oxygen atoms in total. The van der Waals surface area contributed by atoms with Crippen molar-refractivity contribution < 1.29 is 32.3 Å². The predicted molar refractivity (Wildman–Crippen MR) is 130 cm³/mol. The van der Waals surface area contributed by atoms with E-state index in [4.69, 9.17) is 9.90 Å². The number of aromatic nitrogens is 2. The number of benzene rings is 1. The molecule has 0 unspecified atom stereocenters. The van der Waals surface area contributed by atoms with E-state index in [1.807, 2.05) is 24.5 Å². The van der Waals surface area contributed by atoms with Crippen molar-refractivity contribution in [2.45, 2.75) is 19.1 Å². The van der Waals surface area contributed by atoms with Gasteiger partial charge in [0.1, 0.15) is 5.82 Å². The molecule has 0 bridgehead atoms. The molecule has 0 spiro atoms. The topological polar surface area (TPSA) is 98.7 Å². The average molecular weight is 540 g/mol. The maximum absolute atomic E-state index is 13.0. The monoisotopic (exact) mass is 539 g/mol. The Labute approximate surface area is 214 Å². The van der Waals surface area contributed by atoms with Crippen LogP contribution in [0.5, 0.6) is 0 Å². The number of pyridine rings is 1. The molecule has 3 heterocycles. The Morgan fingerprint density at radius 3 is 2.16 bits per heavy atom. The minimum atomic E-state index is -5.08. The fraction of sp³-hybridized carbons (Fsp3) is 0.333. The Hall–Kier alpha value is -3.42. The first-order chi connectivity index (χ1) is 17.6. The zero-order chi connectivity index (χ0) is 26.8. The van der Waals surface area contributed by atoms with Crippen molar-refractivity contribution in [1.82, 2.24) is 19.8 Å². The molecule has 1 aromatic carbocycles. The molecule has 3 aromatic rings. The molecule has 37 heavy (non-hydrogen) atoms. The second kappa shape index (κ2) is 13.2. The van der Waals surface area contributed by atoms with Gasteiger partial charge in [0.05, 0.1) is 6.54 Å². The first-order valence-electron chi connectivity index (χ1n) is 11.2. The largest absolute Gasteiger partial charge is 0.490 e. The van der Waals surface area contributed by atoms with Crippen LogP contribution in [0.25, 0.3) is 0 Å². The number of piperazine rings is 1. The molecule has 0 aliphatic carbocycles. The van der Waals surface area contributed by atoms with E-state index in [9.17, 15) is 22.4 Å². The number of carbonyl (C=O) groups excluding carboxylic acids is 1. The number of carboxylic acids is 1. The summed E-state index contributed by atoms with van der Waals surface area (Å²) in [4.78, 5) is 35.3. The van der Waals surface area contributed by atoms with Crippen LogP contribution in [-0.4, -0.2) is 75.7 Å². The highest BCUT2D eigenvalue weighted by Gasteiger charge is 2.38. The summed E-state index contributed by atoms with van der Waals surface area (Å²) >= 11 is 1.46. The Bertz CT molecular complexity index is 1150. The van der Waals surface area contributed by atoms with Crippen molar-refractivity contribution in [3.63, 3.8) is 0 Å². The van der Waals surface area contributed by atoms with E-state index in [0.717, 1.165) is 43.2 Å². The third-order valence-corrected chi connectivity index (χ3v) is 6.23. The van der Waals surface area contributed by atoms with Crippen LogP contribution in [0.3, 0.4) is 0 Å². The van der Waals surface area contributed by atoms with Gasteiger partial charge in [-0.15, -0.1) is 11.3 Å². The molecule has 4 rings (SSSR count). The average Bonchev–Trinajstić information content (AvgIpc) is 3.28. The number of amides is 1. The van der Waals surface area contributed by atoms with Crippen LogP contribution >= 0.6 is 11.3 Å². The second-order valence-electron chi connectivity index (χ2n) is 8.19. The van der Waals surface area contributed by atoms with Gasteiger partial charge in [0.15, 0.2) is 5.13 Å². The van der Waals surface area contributed by atoms with Crippen molar-refractivity contribution in [3.05, 3.63) is 76.8 Å². The molecule has 13 heteroatoms. The highest BCUT2D eigenvalue weighted by atomic mass is 32.1. The molecule has 2 N–H and O–H groups in total. The van der Waals surface area contributed by atoms with Crippen molar-refractivity contribution in [2.24, 2.45) is 0 Å². The van der Waals surface area contributed by atoms with Crippen molar-refractivity contribution >= 4 is 28.3 Å². The number of rotatable bonds is 7. The number of carbonyl (C=O) groups is 2. The van der Waals surface area contributed by atoms with Crippen LogP contribution in [0.4, 0.5) is 22.7 Å². The number of nitrogens with zero attached hydrogens (tertiary/aromatic N) is 4. The molecule has 0 saturated carbocycles. The van der Waals surface area contributed by atoms with Gasteiger partial charge in [-0.25, -0.2) is 14.2 Å². The van der Waals surface area contributed by atoms with E-state index >= 15 is 0 Å². The summed E-state index contributed by atoms with van der Waals surface area (Å²) in [5.41, 5.74) is 2.28. The lowest BCUT2D eigenvalue weighted by Gasteiger charge is -2.34. The second-order valence-corrected chi connectivity index (χ2v) is 9.31.